The lowest BCUT2D eigenvalue weighted by Crippen LogP contribution is -2.35. The Kier molecular flexibility index (Phi) is 10.6. The summed E-state index contributed by atoms with van der Waals surface area (Å²) in [4.78, 5) is 12.5. The van der Waals surface area contributed by atoms with Crippen LogP contribution < -0.4 is 9.61 Å². The number of carbonyl (C=O) groups excluding carboxylic acids is 1. The number of ether oxygens (including phenoxy) is 1. The molecule has 0 aliphatic carbocycles. The van der Waals surface area contributed by atoms with Crippen molar-refractivity contribution in [3.63, 3.8) is 0 Å². The van der Waals surface area contributed by atoms with Gasteiger partial charge in [0, 0.05) is 6.66 Å². The van der Waals surface area contributed by atoms with Crippen LogP contribution in [0.25, 0.3) is 16.7 Å². The molecule has 204 valence electrons. The van der Waals surface area contributed by atoms with Gasteiger partial charge in [-0.05, 0) is 67.9 Å². The van der Waals surface area contributed by atoms with E-state index in [1.54, 1.807) is 13.0 Å². The zero-order valence-corrected chi connectivity index (χ0v) is 24.6. The Hall–Kier alpha value is -2.56. The van der Waals surface area contributed by atoms with Crippen LogP contribution in [0.4, 0.5) is 0 Å². The van der Waals surface area contributed by atoms with Crippen molar-refractivity contribution in [2.24, 2.45) is 5.41 Å². The number of phenols is 1. The van der Waals surface area contributed by atoms with Crippen LogP contribution in [-0.2, 0) is 20.5 Å². The van der Waals surface area contributed by atoms with Crippen molar-refractivity contribution in [3.05, 3.63) is 53.6 Å². The molecule has 2 rings (SSSR count). The molecule has 6 nitrogen and oxygen atoms in total. The van der Waals surface area contributed by atoms with Crippen molar-refractivity contribution in [1.29, 1.82) is 0 Å². The first-order chi connectivity index (χ1) is 17.1. The Morgan fingerprint density at radius 1 is 1.19 bits per heavy atom. The summed E-state index contributed by atoms with van der Waals surface area (Å²) in [5.74, 6) is -0.150. The molecule has 0 bridgehead atoms. The van der Waals surface area contributed by atoms with E-state index in [0.717, 1.165) is 53.5 Å². The van der Waals surface area contributed by atoms with Crippen LogP contribution in [0.3, 0.4) is 0 Å². The summed E-state index contributed by atoms with van der Waals surface area (Å²) in [6.45, 7) is 19.3. The van der Waals surface area contributed by atoms with Gasteiger partial charge in [-0.2, -0.15) is 0 Å². The fraction of sp³-hybridized carbons (Fsp3) is 0.500. The molecule has 0 aromatic heterocycles. The topological polar surface area (TPSA) is 84.9 Å². The average Bonchev–Trinajstić information content (AvgIpc) is 2.76. The first kappa shape index (κ1) is 30.7. The normalized spacial score (nSPS) is 14.1. The number of hydrogen-bond donors (Lipinski definition) is 2. The van der Waals surface area contributed by atoms with Crippen LogP contribution in [0.1, 0.15) is 77.5 Å². The predicted octanol–water partition coefficient (Wildman–Crippen LogP) is 7.90. The van der Waals surface area contributed by atoms with Gasteiger partial charge >= 0.3 is 13.5 Å². The van der Waals surface area contributed by atoms with E-state index in [1.165, 1.54) is 6.66 Å². The number of hydrogen-bond acceptors (Lipinski definition) is 5. The smallest absolute Gasteiger partial charge is 0.323 e. The number of carbonyl (C=O) groups is 1. The minimum atomic E-state index is -3.54. The Morgan fingerprint density at radius 2 is 1.86 bits per heavy atom. The molecule has 0 radical (unpaired) electrons. The maximum atomic E-state index is 13.6. The van der Waals surface area contributed by atoms with E-state index in [-0.39, 0.29) is 17.8 Å². The minimum absolute atomic E-state index is 0.0507. The van der Waals surface area contributed by atoms with Crippen molar-refractivity contribution in [2.75, 3.05) is 13.3 Å². The zero-order chi connectivity index (χ0) is 28.0. The molecule has 7 heteroatoms. The van der Waals surface area contributed by atoms with Crippen molar-refractivity contribution in [2.45, 2.75) is 80.2 Å². The number of phenolic OH excluding ortho intramolecular Hbond substituents is 1. The van der Waals surface area contributed by atoms with Gasteiger partial charge in [0.15, 0.2) is 0 Å². The number of allylic oxidation sites excluding steroid dienone is 1. The highest BCUT2D eigenvalue weighted by Crippen LogP contribution is 2.48. The van der Waals surface area contributed by atoms with E-state index in [1.807, 2.05) is 58.9 Å². The lowest BCUT2D eigenvalue weighted by molar-refractivity contribution is -0.148. The van der Waals surface area contributed by atoms with E-state index < -0.39 is 19.5 Å². The third-order valence-corrected chi connectivity index (χ3v) is 7.22. The molecule has 0 amide bonds. The summed E-state index contributed by atoms with van der Waals surface area (Å²) in [7, 11) is -3.54. The maximum absolute atomic E-state index is 13.6. The third kappa shape index (κ3) is 9.36. The van der Waals surface area contributed by atoms with Gasteiger partial charge in [-0.25, -0.2) is 5.09 Å². The highest BCUT2D eigenvalue weighted by atomic mass is 31.2. The summed E-state index contributed by atoms with van der Waals surface area (Å²) >= 11 is 0. The molecule has 0 aliphatic rings. The lowest BCUT2D eigenvalue weighted by Gasteiger charge is -2.24. The molecule has 2 atom stereocenters. The highest BCUT2D eigenvalue weighted by Gasteiger charge is 2.29. The van der Waals surface area contributed by atoms with E-state index in [2.05, 4.69) is 18.6 Å². The summed E-state index contributed by atoms with van der Waals surface area (Å²) in [5.41, 5.74) is 4.62. The van der Waals surface area contributed by atoms with Gasteiger partial charge in [-0.15, -0.1) is 0 Å². The lowest BCUT2D eigenvalue weighted by atomic mass is 9.91. The van der Waals surface area contributed by atoms with Gasteiger partial charge in [0.2, 0.25) is 0 Å². The van der Waals surface area contributed by atoms with Gasteiger partial charge in [-0.1, -0.05) is 76.5 Å². The molecule has 2 N–H and O–H groups in total. The Morgan fingerprint density at radius 3 is 2.46 bits per heavy atom. The quantitative estimate of drug-likeness (QED) is 0.165. The first-order valence-corrected chi connectivity index (χ1v) is 15.0. The van der Waals surface area contributed by atoms with Gasteiger partial charge in [0.05, 0.1) is 12.2 Å². The second kappa shape index (κ2) is 12.8. The molecule has 0 fully saturated rings. The molecule has 0 heterocycles. The van der Waals surface area contributed by atoms with Gasteiger partial charge in [0.25, 0.3) is 0 Å². The Bertz CT molecular complexity index is 1170. The van der Waals surface area contributed by atoms with E-state index in [4.69, 9.17) is 9.26 Å². The molecular formula is C30H44NO5P. The molecule has 0 saturated carbocycles. The van der Waals surface area contributed by atoms with Gasteiger partial charge < -0.3 is 14.4 Å². The number of rotatable bonds is 12. The molecule has 2 aromatic rings. The van der Waals surface area contributed by atoms with Crippen LogP contribution in [0.2, 0.25) is 0 Å². The molecule has 0 aliphatic heterocycles. The SMILES string of the molecule is C=C(C)c1ccc(C)cc1-c1c(O)cc(CCCCC)cc1OP(C)(=O)N[C@@H](C)C(=O)OCC(C)(C)C. The highest BCUT2D eigenvalue weighted by molar-refractivity contribution is 7.56. The van der Waals surface area contributed by atoms with Crippen molar-refractivity contribution >= 4 is 19.1 Å². The van der Waals surface area contributed by atoms with E-state index in [0.29, 0.717) is 11.3 Å². The fourth-order valence-electron chi connectivity index (χ4n) is 3.99. The number of nitrogens with one attached hydrogen (secondary N) is 1. The van der Waals surface area contributed by atoms with E-state index in [9.17, 15) is 14.5 Å². The van der Waals surface area contributed by atoms with E-state index >= 15 is 0 Å². The standard InChI is InChI=1S/C30H44NO5P/c1-10-11-12-13-23-17-26(32)28(25-16-21(4)14-15-24(25)20(2)3)27(18-23)36-37(9,34)31-22(5)29(33)35-19-30(6,7)8/h14-18,22,32H,2,10-13,19H2,1,3-9H3,(H,31,34)/t22-,37?/m0/s1. The number of aromatic hydroxyl groups is 1. The van der Waals surface area contributed by atoms with Crippen molar-refractivity contribution in [3.8, 4) is 22.6 Å². The van der Waals surface area contributed by atoms with Crippen LogP contribution in [-0.4, -0.2) is 30.4 Å². The zero-order valence-electron chi connectivity index (χ0n) is 23.7. The van der Waals surface area contributed by atoms with Crippen LogP contribution in [0, 0.1) is 12.3 Å². The number of esters is 1. The Labute approximate surface area is 223 Å². The minimum Gasteiger partial charge on any atom is -0.507 e. The van der Waals surface area contributed by atoms with Crippen molar-refractivity contribution in [1.82, 2.24) is 5.09 Å². The molecule has 1 unspecified atom stereocenters. The van der Waals surface area contributed by atoms with Gasteiger partial charge in [-0.3, -0.25) is 9.36 Å². The molecule has 0 saturated heterocycles. The summed E-state index contributed by atoms with van der Waals surface area (Å²) in [5, 5.41) is 14.0. The molecular weight excluding hydrogens is 485 g/mol. The molecule has 37 heavy (non-hydrogen) atoms. The molecule has 2 aromatic carbocycles. The number of benzene rings is 2. The second-order valence-corrected chi connectivity index (χ2v) is 13.4. The summed E-state index contributed by atoms with van der Waals surface area (Å²) in [6, 6.07) is 8.67. The van der Waals surface area contributed by atoms with Crippen LogP contribution >= 0.6 is 7.52 Å². The average molecular weight is 530 g/mol. The molecule has 0 spiro atoms. The van der Waals surface area contributed by atoms with Gasteiger partial charge in [0.1, 0.15) is 17.5 Å². The van der Waals surface area contributed by atoms with Crippen LogP contribution in [0.5, 0.6) is 11.5 Å². The summed E-state index contributed by atoms with van der Waals surface area (Å²) < 4.78 is 25.1. The monoisotopic (exact) mass is 529 g/mol. The van der Waals surface area contributed by atoms with Crippen LogP contribution in [0.15, 0.2) is 36.9 Å². The van der Waals surface area contributed by atoms with Crippen molar-refractivity contribution < 1.29 is 23.7 Å². The maximum Gasteiger partial charge on any atom is 0.323 e. The fourth-order valence-corrected chi connectivity index (χ4v) is 5.37. The third-order valence-electron chi connectivity index (χ3n) is 5.82. The largest absolute Gasteiger partial charge is 0.507 e. The predicted molar refractivity (Wildman–Crippen MR) is 153 cm³/mol. The number of aryl methyl sites for hydroxylation is 2. The summed E-state index contributed by atoms with van der Waals surface area (Å²) in [6.07, 6.45) is 3.87. The first-order valence-electron chi connectivity index (χ1n) is 13.0. The Balaban J connectivity index is 2.48. The second-order valence-electron chi connectivity index (χ2n) is 11.2. The number of unbranched alkanes of at least 4 members (excludes halogenated alkanes) is 2.